The molecule has 0 aliphatic carbocycles. The van der Waals surface area contributed by atoms with E-state index in [0.29, 0.717) is 11.1 Å². The molecule has 42 heavy (non-hydrogen) atoms. The number of hydrogen-bond acceptors (Lipinski definition) is 4. The molecule has 2 aromatic heterocycles. The van der Waals surface area contributed by atoms with Crippen LogP contribution in [0.5, 0.6) is 0 Å². The Morgan fingerprint density at radius 3 is 1.50 bits per heavy atom. The van der Waals surface area contributed by atoms with Crippen molar-refractivity contribution in [2.75, 3.05) is 0 Å². The number of nitriles is 2. The summed E-state index contributed by atoms with van der Waals surface area (Å²) >= 11 is 3.62. The Bertz CT molecular complexity index is 2410. The fourth-order valence-corrected chi connectivity index (χ4v) is 8.10. The largest absolute Gasteiger partial charge is 0.192 e. The third kappa shape index (κ3) is 3.98. The molecular weight excluding hydrogens is 549 g/mol. The van der Waals surface area contributed by atoms with Crippen LogP contribution in [-0.4, -0.2) is 0 Å². The first-order valence-electron chi connectivity index (χ1n) is 13.6. The van der Waals surface area contributed by atoms with Gasteiger partial charge in [0.1, 0.15) is 0 Å². The minimum absolute atomic E-state index is 0.478. The van der Waals surface area contributed by atoms with E-state index in [-0.39, 0.29) is 0 Å². The second-order valence-electron chi connectivity index (χ2n) is 10.4. The molecule has 0 unspecified atom stereocenters. The standard InChI is InChI=1S/C38H20N2S2/c39-21-23-15-24(22-40)17-28(16-23)32-18-25(26-10-13-37-33(19-26)30-5-1-3-7-35(30)41-37)9-12-29(32)27-11-14-38-34(20-27)31-6-2-4-8-36(31)42-38/h1-20H. The van der Waals surface area contributed by atoms with E-state index in [1.165, 1.54) is 40.3 Å². The van der Waals surface area contributed by atoms with Crippen LogP contribution >= 0.6 is 22.7 Å². The molecule has 194 valence electrons. The van der Waals surface area contributed by atoms with Gasteiger partial charge in [0, 0.05) is 40.3 Å². The molecule has 8 aromatic rings. The van der Waals surface area contributed by atoms with E-state index in [2.05, 4.69) is 115 Å². The molecule has 8 rings (SSSR count). The van der Waals surface area contributed by atoms with E-state index in [1.54, 1.807) is 17.4 Å². The van der Waals surface area contributed by atoms with Gasteiger partial charge in [-0.2, -0.15) is 10.5 Å². The van der Waals surface area contributed by atoms with Crippen molar-refractivity contribution < 1.29 is 0 Å². The predicted molar refractivity (Wildman–Crippen MR) is 178 cm³/mol. The van der Waals surface area contributed by atoms with Gasteiger partial charge in [0.15, 0.2) is 0 Å². The average Bonchev–Trinajstić information content (AvgIpc) is 3.61. The predicted octanol–water partition coefficient (Wildman–Crippen LogP) is 11.2. The zero-order chi connectivity index (χ0) is 28.2. The van der Waals surface area contributed by atoms with Crippen LogP contribution in [0.1, 0.15) is 11.1 Å². The lowest BCUT2D eigenvalue weighted by molar-refractivity contribution is 1.44. The van der Waals surface area contributed by atoms with Crippen LogP contribution in [0.2, 0.25) is 0 Å². The van der Waals surface area contributed by atoms with Crippen molar-refractivity contribution in [1.82, 2.24) is 0 Å². The lowest BCUT2D eigenvalue weighted by atomic mass is 9.89. The van der Waals surface area contributed by atoms with Crippen molar-refractivity contribution in [3.63, 3.8) is 0 Å². The Hall–Kier alpha value is -5.26. The SMILES string of the molecule is N#Cc1cc(C#N)cc(-c2cc(-c3ccc4sc5ccccc5c4c3)ccc2-c2ccc3sc4ccccc4c3c2)c1. The van der Waals surface area contributed by atoms with Crippen molar-refractivity contribution in [2.24, 2.45) is 0 Å². The van der Waals surface area contributed by atoms with Crippen LogP contribution in [0, 0.1) is 22.7 Å². The molecule has 0 spiro atoms. The Morgan fingerprint density at radius 2 is 0.881 bits per heavy atom. The highest BCUT2D eigenvalue weighted by molar-refractivity contribution is 7.26. The number of thiophene rings is 2. The minimum Gasteiger partial charge on any atom is -0.192 e. The highest BCUT2D eigenvalue weighted by Gasteiger charge is 2.15. The van der Waals surface area contributed by atoms with Crippen LogP contribution in [0.4, 0.5) is 0 Å². The van der Waals surface area contributed by atoms with E-state index in [9.17, 15) is 10.5 Å². The number of rotatable bonds is 3. The summed E-state index contributed by atoms with van der Waals surface area (Å²) in [6.45, 7) is 0. The Labute approximate surface area is 250 Å². The van der Waals surface area contributed by atoms with Gasteiger partial charge >= 0.3 is 0 Å². The molecule has 4 heteroatoms. The molecule has 0 saturated heterocycles. The number of nitrogens with zero attached hydrogens (tertiary/aromatic N) is 2. The van der Waals surface area contributed by atoms with E-state index in [0.717, 1.165) is 33.4 Å². The highest BCUT2D eigenvalue weighted by Crippen LogP contribution is 2.42. The lowest BCUT2D eigenvalue weighted by Crippen LogP contribution is -1.90. The molecule has 2 nitrogen and oxygen atoms in total. The first-order chi connectivity index (χ1) is 20.7. The number of hydrogen-bond donors (Lipinski definition) is 0. The summed E-state index contributed by atoms with van der Waals surface area (Å²) in [5, 5.41) is 24.5. The van der Waals surface area contributed by atoms with Gasteiger partial charge in [-0.05, 0) is 94.0 Å². The van der Waals surface area contributed by atoms with Crippen molar-refractivity contribution >= 4 is 63.0 Å². The summed E-state index contributed by atoms with van der Waals surface area (Å²) in [6, 6.07) is 46.9. The summed E-state index contributed by atoms with van der Waals surface area (Å²) in [4.78, 5) is 0. The molecule has 0 atom stereocenters. The van der Waals surface area contributed by atoms with Gasteiger partial charge in [0.05, 0.1) is 23.3 Å². The van der Waals surface area contributed by atoms with Gasteiger partial charge in [0.25, 0.3) is 0 Å². The van der Waals surface area contributed by atoms with Gasteiger partial charge in [0.2, 0.25) is 0 Å². The lowest BCUT2D eigenvalue weighted by Gasteiger charge is -2.14. The van der Waals surface area contributed by atoms with E-state index in [4.69, 9.17) is 0 Å². The normalized spacial score (nSPS) is 11.3. The van der Waals surface area contributed by atoms with Crippen LogP contribution in [-0.2, 0) is 0 Å². The first-order valence-corrected chi connectivity index (χ1v) is 15.2. The van der Waals surface area contributed by atoms with E-state index < -0.39 is 0 Å². The molecule has 0 fully saturated rings. The number of fused-ring (bicyclic) bond motifs is 6. The topological polar surface area (TPSA) is 47.6 Å². The third-order valence-electron chi connectivity index (χ3n) is 7.92. The highest BCUT2D eigenvalue weighted by atomic mass is 32.1. The zero-order valence-electron chi connectivity index (χ0n) is 22.3. The minimum atomic E-state index is 0.478. The van der Waals surface area contributed by atoms with Crippen molar-refractivity contribution in [3.8, 4) is 45.5 Å². The molecule has 0 aliphatic heterocycles. The summed E-state index contributed by atoms with van der Waals surface area (Å²) in [5.41, 5.74) is 7.21. The third-order valence-corrected chi connectivity index (χ3v) is 10.2. The maximum Gasteiger partial charge on any atom is 0.0992 e. The maximum absolute atomic E-state index is 9.75. The molecular formula is C38H20N2S2. The molecule has 0 amide bonds. The molecule has 0 N–H and O–H groups in total. The number of benzene rings is 6. The summed E-state index contributed by atoms with van der Waals surface area (Å²) in [7, 11) is 0. The summed E-state index contributed by atoms with van der Waals surface area (Å²) in [5.74, 6) is 0. The van der Waals surface area contributed by atoms with Gasteiger partial charge in [-0.1, -0.05) is 60.7 Å². The molecule has 6 aromatic carbocycles. The van der Waals surface area contributed by atoms with Gasteiger partial charge in [-0.25, -0.2) is 0 Å². The first kappa shape index (κ1) is 24.5. The fourth-order valence-electron chi connectivity index (χ4n) is 5.93. The zero-order valence-corrected chi connectivity index (χ0v) is 23.9. The van der Waals surface area contributed by atoms with Crippen molar-refractivity contribution in [3.05, 3.63) is 132 Å². The Morgan fingerprint density at radius 1 is 0.381 bits per heavy atom. The Balaban J connectivity index is 1.36. The molecule has 2 heterocycles. The second-order valence-corrected chi connectivity index (χ2v) is 12.6. The van der Waals surface area contributed by atoms with E-state index >= 15 is 0 Å². The fraction of sp³-hybridized carbons (Fsp3) is 0. The van der Waals surface area contributed by atoms with Crippen molar-refractivity contribution in [1.29, 1.82) is 10.5 Å². The summed E-state index contributed by atoms with van der Waals surface area (Å²) in [6.07, 6.45) is 0. The monoisotopic (exact) mass is 568 g/mol. The smallest absolute Gasteiger partial charge is 0.0992 e. The van der Waals surface area contributed by atoms with E-state index in [1.807, 2.05) is 23.5 Å². The van der Waals surface area contributed by atoms with Gasteiger partial charge < -0.3 is 0 Å². The quantitative estimate of drug-likeness (QED) is 0.213. The summed E-state index contributed by atoms with van der Waals surface area (Å²) < 4.78 is 5.09. The molecule has 0 bridgehead atoms. The van der Waals surface area contributed by atoms with Gasteiger partial charge in [-0.3, -0.25) is 0 Å². The molecule has 0 aliphatic rings. The molecule has 0 saturated carbocycles. The van der Waals surface area contributed by atoms with Crippen LogP contribution in [0.3, 0.4) is 0 Å². The Kier molecular flexibility index (Phi) is 5.66. The second kappa shape index (κ2) is 9.68. The average molecular weight is 569 g/mol. The molecule has 0 radical (unpaired) electrons. The van der Waals surface area contributed by atoms with Gasteiger partial charge in [-0.15, -0.1) is 22.7 Å². The maximum atomic E-state index is 9.75. The van der Waals surface area contributed by atoms with Crippen LogP contribution in [0.15, 0.2) is 121 Å². The van der Waals surface area contributed by atoms with Crippen LogP contribution in [0.25, 0.3) is 73.7 Å². The van der Waals surface area contributed by atoms with Crippen molar-refractivity contribution in [2.45, 2.75) is 0 Å². The van der Waals surface area contributed by atoms with Crippen LogP contribution < -0.4 is 0 Å².